The molecule has 0 aromatic heterocycles. The quantitative estimate of drug-likeness (QED) is 0.735. The number of nitrogens with one attached hydrogen (secondary N) is 1. The Morgan fingerprint density at radius 3 is 2.87 bits per heavy atom. The summed E-state index contributed by atoms with van der Waals surface area (Å²) in [6, 6.07) is 0. The van der Waals surface area contributed by atoms with Gasteiger partial charge in [0.15, 0.2) is 0 Å². The minimum Gasteiger partial charge on any atom is -0.355 e. The van der Waals surface area contributed by atoms with Crippen molar-refractivity contribution in [2.45, 2.75) is 26.7 Å². The van der Waals surface area contributed by atoms with Gasteiger partial charge in [0.1, 0.15) is 5.78 Å². The number of carbonyl (C=O) groups excluding carboxylic acids is 2. The smallest absolute Gasteiger partial charge is 0.222 e. The summed E-state index contributed by atoms with van der Waals surface area (Å²) >= 11 is 0. The van der Waals surface area contributed by atoms with E-state index in [4.69, 9.17) is 0 Å². The third kappa shape index (κ3) is 4.42. The molecule has 1 amide bonds. The van der Waals surface area contributed by atoms with Crippen LogP contribution in [0.25, 0.3) is 0 Å². The number of hydrogen-bond donors (Lipinski definition) is 1. The molecule has 1 saturated heterocycles. The van der Waals surface area contributed by atoms with Crippen molar-refractivity contribution in [2.24, 2.45) is 5.92 Å². The maximum atomic E-state index is 11.3. The number of likely N-dealkylation sites (tertiary alicyclic amines) is 1. The van der Waals surface area contributed by atoms with Crippen molar-refractivity contribution in [1.82, 2.24) is 10.2 Å². The number of carbonyl (C=O) groups is 2. The van der Waals surface area contributed by atoms with E-state index in [0.717, 1.165) is 25.9 Å². The second-order valence-corrected chi connectivity index (χ2v) is 4.36. The van der Waals surface area contributed by atoms with Gasteiger partial charge in [0.25, 0.3) is 0 Å². The first-order valence-electron chi connectivity index (χ1n) is 5.61. The predicted molar refractivity (Wildman–Crippen MR) is 58.5 cm³/mol. The van der Waals surface area contributed by atoms with Crippen molar-refractivity contribution in [3.8, 4) is 0 Å². The van der Waals surface area contributed by atoms with Crippen molar-refractivity contribution >= 4 is 11.7 Å². The van der Waals surface area contributed by atoms with Gasteiger partial charge in [-0.1, -0.05) is 13.8 Å². The number of piperidine rings is 1. The van der Waals surface area contributed by atoms with Crippen molar-refractivity contribution in [3.05, 3.63) is 0 Å². The van der Waals surface area contributed by atoms with Gasteiger partial charge in [-0.05, 0) is 13.0 Å². The summed E-state index contributed by atoms with van der Waals surface area (Å²) in [6.07, 6.45) is 1.67. The topological polar surface area (TPSA) is 49.4 Å². The van der Waals surface area contributed by atoms with Crippen LogP contribution in [-0.2, 0) is 9.59 Å². The molecule has 1 heterocycles. The molecule has 0 unspecified atom stereocenters. The second kappa shape index (κ2) is 5.85. The Hall–Kier alpha value is -0.900. The molecule has 0 atom stereocenters. The van der Waals surface area contributed by atoms with Crippen LogP contribution < -0.4 is 5.32 Å². The first-order chi connectivity index (χ1) is 7.09. The van der Waals surface area contributed by atoms with E-state index in [1.54, 1.807) is 0 Å². The summed E-state index contributed by atoms with van der Waals surface area (Å²) in [7, 11) is 0. The van der Waals surface area contributed by atoms with Crippen LogP contribution in [0.5, 0.6) is 0 Å². The summed E-state index contributed by atoms with van der Waals surface area (Å²) in [5, 5.41) is 2.85. The Bertz CT molecular complexity index is 239. The zero-order chi connectivity index (χ0) is 11.3. The molecule has 4 nitrogen and oxygen atoms in total. The van der Waals surface area contributed by atoms with E-state index in [1.807, 2.05) is 13.8 Å². The Balaban J connectivity index is 2.14. The van der Waals surface area contributed by atoms with Crippen molar-refractivity contribution in [2.75, 3.05) is 26.2 Å². The molecule has 0 bridgehead atoms. The van der Waals surface area contributed by atoms with E-state index in [0.29, 0.717) is 18.9 Å². The highest BCUT2D eigenvalue weighted by molar-refractivity contribution is 5.81. The number of ketones is 1. The molecule has 86 valence electrons. The molecule has 0 saturated carbocycles. The normalized spacial score (nSPS) is 18.2. The van der Waals surface area contributed by atoms with Crippen molar-refractivity contribution < 1.29 is 9.59 Å². The molecule has 0 aliphatic carbocycles. The minimum absolute atomic E-state index is 0.0352. The van der Waals surface area contributed by atoms with Gasteiger partial charge in [-0.25, -0.2) is 0 Å². The Morgan fingerprint density at radius 1 is 1.53 bits per heavy atom. The van der Waals surface area contributed by atoms with Gasteiger partial charge in [0.2, 0.25) is 5.91 Å². The average molecular weight is 212 g/mol. The van der Waals surface area contributed by atoms with Crippen LogP contribution in [0.2, 0.25) is 0 Å². The molecular formula is C11H20N2O2. The van der Waals surface area contributed by atoms with E-state index < -0.39 is 0 Å². The largest absolute Gasteiger partial charge is 0.355 e. The molecule has 0 spiro atoms. The first-order valence-corrected chi connectivity index (χ1v) is 5.61. The standard InChI is InChI=1S/C11H20N2O2/c1-9(2)11(15)12-5-7-13-6-3-4-10(14)8-13/h9H,3-8H2,1-2H3,(H,12,15). The van der Waals surface area contributed by atoms with Crippen LogP contribution in [0.3, 0.4) is 0 Å². The SMILES string of the molecule is CC(C)C(=O)NCCN1CCCC(=O)C1. The molecule has 1 fully saturated rings. The van der Waals surface area contributed by atoms with E-state index in [1.165, 1.54) is 0 Å². The van der Waals surface area contributed by atoms with Crippen LogP contribution >= 0.6 is 0 Å². The zero-order valence-corrected chi connectivity index (χ0v) is 9.58. The number of rotatable bonds is 4. The Kier molecular flexibility index (Phi) is 4.75. The molecule has 15 heavy (non-hydrogen) atoms. The Morgan fingerprint density at radius 2 is 2.27 bits per heavy atom. The van der Waals surface area contributed by atoms with E-state index in [-0.39, 0.29) is 11.8 Å². The summed E-state index contributed by atoms with van der Waals surface area (Å²) in [6.45, 7) is 6.70. The molecule has 4 heteroatoms. The molecule has 0 aromatic carbocycles. The molecular weight excluding hydrogens is 192 g/mol. The van der Waals surface area contributed by atoms with Gasteiger partial charge < -0.3 is 5.32 Å². The summed E-state index contributed by atoms with van der Waals surface area (Å²) in [5.74, 6) is 0.433. The van der Waals surface area contributed by atoms with Crippen LogP contribution in [0, 0.1) is 5.92 Å². The summed E-state index contributed by atoms with van der Waals surface area (Å²) < 4.78 is 0. The lowest BCUT2D eigenvalue weighted by Gasteiger charge is -2.25. The summed E-state index contributed by atoms with van der Waals surface area (Å²) in [4.78, 5) is 24.5. The molecule has 0 radical (unpaired) electrons. The van der Waals surface area contributed by atoms with Crippen LogP contribution in [-0.4, -0.2) is 42.8 Å². The third-order valence-corrected chi connectivity index (χ3v) is 2.58. The van der Waals surface area contributed by atoms with Crippen molar-refractivity contribution in [3.63, 3.8) is 0 Å². The average Bonchev–Trinajstić information content (AvgIpc) is 2.17. The minimum atomic E-state index is 0.0352. The van der Waals surface area contributed by atoms with E-state index in [9.17, 15) is 9.59 Å². The molecule has 1 N–H and O–H groups in total. The number of Topliss-reactive ketones (excluding diaryl/α,β-unsaturated/α-hetero) is 1. The maximum absolute atomic E-state index is 11.3. The van der Waals surface area contributed by atoms with Crippen LogP contribution in [0.4, 0.5) is 0 Å². The fourth-order valence-corrected chi connectivity index (χ4v) is 1.64. The predicted octanol–water partition coefficient (Wildman–Crippen LogP) is 0.424. The van der Waals surface area contributed by atoms with E-state index in [2.05, 4.69) is 10.2 Å². The van der Waals surface area contributed by atoms with E-state index >= 15 is 0 Å². The van der Waals surface area contributed by atoms with Crippen LogP contribution in [0.1, 0.15) is 26.7 Å². The number of hydrogen-bond acceptors (Lipinski definition) is 3. The molecule has 1 aliphatic rings. The number of amides is 1. The van der Waals surface area contributed by atoms with Crippen molar-refractivity contribution in [1.29, 1.82) is 0 Å². The van der Waals surface area contributed by atoms with Crippen LogP contribution in [0.15, 0.2) is 0 Å². The van der Waals surface area contributed by atoms with Gasteiger partial charge >= 0.3 is 0 Å². The molecule has 1 rings (SSSR count). The highest BCUT2D eigenvalue weighted by Crippen LogP contribution is 2.04. The number of nitrogens with zero attached hydrogens (tertiary/aromatic N) is 1. The fraction of sp³-hybridized carbons (Fsp3) is 0.818. The van der Waals surface area contributed by atoms with Gasteiger partial charge in [-0.2, -0.15) is 0 Å². The van der Waals surface area contributed by atoms with Gasteiger partial charge in [0.05, 0.1) is 6.54 Å². The fourth-order valence-electron chi connectivity index (χ4n) is 1.64. The monoisotopic (exact) mass is 212 g/mol. The van der Waals surface area contributed by atoms with Gasteiger partial charge in [-0.15, -0.1) is 0 Å². The lowest BCUT2D eigenvalue weighted by atomic mass is 10.1. The molecule has 1 aliphatic heterocycles. The summed E-state index contributed by atoms with van der Waals surface area (Å²) in [5.41, 5.74) is 0. The lowest BCUT2D eigenvalue weighted by molar-refractivity contribution is -0.124. The highest BCUT2D eigenvalue weighted by Gasteiger charge is 2.16. The van der Waals surface area contributed by atoms with Gasteiger partial charge in [0, 0.05) is 25.4 Å². The zero-order valence-electron chi connectivity index (χ0n) is 9.58. The lowest BCUT2D eigenvalue weighted by Crippen LogP contribution is -2.41. The third-order valence-electron chi connectivity index (χ3n) is 2.58. The van der Waals surface area contributed by atoms with Gasteiger partial charge in [-0.3, -0.25) is 14.5 Å². The highest BCUT2D eigenvalue weighted by atomic mass is 16.1. The second-order valence-electron chi connectivity index (χ2n) is 4.36. The maximum Gasteiger partial charge on any atom is 0.222 e. The first kappa shape index (κ1) is 12.2. The Labute approximate surface area is 91.0 Å². The molecule has 0 aromatic rings.